The highest BCUT2D eigenvalue weighted by atomic mass is 32.2. The van der Waals surface area contributed by atoms with E-state index in [1.807, 2.05) is 60.0 Å². The van der Waals surface area contributed by atoms with Gasteiger partial charge in [0.25, 0.3) is 0 Å². The largest absolute Gasteiger partial charge is 0.454 e. The summed E-state index contributed by atoms with van der Waals surface area (Å²) in [6.07, 6.45) is 0. The molecule has 6 nitrogen and oxygen atoms in total. The van der Waals surface area contributed by atoms with Gasteiger partial charge in [-0.25, -0.2) is 0 Å². The summed E-state index contributed by atoms with van der Waals surface area (Å²) in [5.74, 6) is 2.11. The van der Waals surface area contributed by atoms with Gasteiger partial charge < -0.3 is 9.47 Å². The Morgan fingerprint density at radius 1 is 1.12 bits per heavy atom. The molecule has 0 amide bonds. The minimum atomic E-state index is -0.226. The number of nitrogens with zero attached hydrogens (tertiary/aromatic N) is 4. The van der Waals surface area contributed by atoms with E-state index in [9.17, 15) is 0 Å². The van der Waals surface area contributed by atoms with Crippen LogP contribution in [0, 0.1) is 11.3 Å². The highest BCUT2D eigenvalue weighted by molar-refractivity contribution is 8.00. The monoisotopic (exact) mass is 350 g/mol. The molecule has 1 aromatic heterocycles. The molecule has 0 spiro atoms. The number of benzene rings is 2. The summed E-state index contributed by atoms with van der Waals surface area (Å²) in [5.41, 5.74) is 1.81. The van der Waals surface area contributed by atoms with Crippen LogP contribution in [0.4, 0.5) is 0 Å². The third-order valence-electron chi connectivity index (χ3n) is 3.74. The first-order chi connectivity index (χ1) is 12.3. The summed E-state index contributed by atoms with van der Waals surface area (Å²) in [6.45, 7) is 2.07. The summed E-state index contributed by atoms with van der Waals surface area (Å²) in [4.78, 5) is 0. The van der Waals surface area contributed by atoms with E-state index in [1.54, 1.807) is 0 Å². The fraction of sp³-hybridized carbons (Fsp3) is 0.167. The smallest absolute Gasteiger partial charge is 0.231 e. The van der Waals surface area contributed by atoms with Crippen LogP contribution in [0.15, 0.2) is 53.7 Å². The van der Waals surface area contributed by atoms with E-state index in [2.05, 4.69) is 16.3 Å². The highest BCUT2D eigenvalue weighted by Gasteiger charge is 2.21. The van der Waals surface area contributed by atoms with Gasteiger partial charge in [0.2, 0.25) is 6.79 Å². The molecule has 0 saturated heterocycles. The number of fused-ring (bicyclic) bond motifs is 1. The topological polar surface area (TPSA) is 73.0 Å². The average Bonchev–Trinajstić information content (AvgIpc) is 3.28. The van der Waals surface area contributed by atoms with Gasteiger partial charge in [-0.15, -0.1) is 10.2 Å². The third-order valence-corrected chi connectivity index (χ3v) is 4.68. The molecule has 7 heteroatoms. The molecule has 0 aliphatic carbocycles. The van der Waals surface area contributed by atoms with Crippen LogP contribution in [0.3, 0.4) is 0 Å². The lowest BCUT2D eigenvalue weighted by atomic mass is 10.2. The molecule has 0 fully saturated rings. The van der Waals surface area contributed by atoms with Crippen molar-refractivity contribution in [2.45, 2.75) is 17.3 Å². The van der Waals surface area contributed by atoms with Crippen molar-refractivity contribution >= 4 is 11.8 Å². The van der Waals surface area contributed by atoms with Crippen molar-refractivity contribution in [3.8, 4) is 34.6 Å². The second kappa shape index (κ2) is 6.49. The van der Waals surface area contributed by atoms with Gasteiger partial charge in [0.1, 0.15) is 0 Å². The summed E-state index contributed by atoms with van der Waals surface area (Å²) in [6, 6.07) is 17.8. The van der Waals surface area contributed by atoms with Gasteiger partial charge in [-0.2, -0.15) is 5.26 Å². The fourth-order valence-corrected chi connectivity index (χ4v) is 3.32. The minimum absolute atomic E-state index is 0.226. The van der Waals surface area contributed by atoms with E-state index < -0.39 is 0 Å². The molecule has 2 heterocycles. The summed E-state index contributed by atoms with van der Waals surface area (Å²) < 4.78 is 12.8. The molecule has 1 atom stereocenters. The van der Waals surface area contributed by atoms with Crippen LogP contribution in [-0.2, 0) is 0 Å². The first-order valence-electron chi connectivity index (χ1n) is 7.73. The second-order valence-corrected chi connectivity index (χ2v) is 6.74. The predicted molar refractivity (Wildman–Crippen MR) is 93.9 cm³/mol. The van der Waals surface area contributed by atoms with Crippen molar-refractivity contribution in [2.75, 3.05) is 6.79 Å². The van der Waals surface area contributed by atoms with E-state index in [1.165, 1.54) is 11.8 Å². The van der Waals surface area contributed by atoms with Crippen LogP contribution < -0.4 is 9.47 Å². The van der Waals surface area contributed by atoms with Gasteiger partial charge >= 0.3 is 0 Å². The zero-order valence-electron chi connectivity index (χ0n) is 13.4. The van der Waals surface area contributed by atoms with Crippen LogP contribution in [0.1, 0.15) is 6.92 Å². The first-order valence-corrected chi connectivity index (χ1v) is 8.61. The van der Waals surface area contributed by atoms with E-state index >= 15 is 0 Å². The fourth-order valence-electron chi connectivity index (χ4n) is 2.56. The normalized spacial score (nSPS) is 13.4. The minimum Gasteiger partial charge on any atom is -0.454 e. The van der Waals surface area contributed by atoms with Crippen molar-refractivity contribution in [3.63, 3.8) is 0 Å². The van der Waals surface area contributed by atoms with Gasteiger partial charge in [-0.1, -0.05) is 30.0 Å². The molecule has 4 rings (SSSR count). The number of hydrogen-bond donors (Lipinski definition) is 0. The van der Waals surface area contributed by atoms with Crippen LogP contribution in [0.2, 0.25) is 0 Å². The Hall–Kier alpha value is -2.98. The molecule has 0 unspecified atom stereocenters. The molecule has 25 heavy (non-hydrogen) atoms. The zero-order valence-corrected chi connectivity index (χ0v) is 14.2. The maximum absolute atomic E-state index is 9.13. The molecule has 0 radical (unpaired) electrons. The van der Waals surface area contributed by atoms with Gasteiger partial charge in [0, 0.05) is 11.3 Å². The predicted octanol–water partition coefficient (Wildman–Crippen LogP) is 3.67. The van der Waals surface area contributed by atoms with Crippen molar-refractivity contribution < 1.29 is 9.47 Å². The number of aromatic nitrogens is 3. The molecule has 1 aliphatic rings. The SMILES string of the molecule is C[C@@H](C#N)Sc1nnc(-c2ccc3c(c2)OCO3)n1-c1ccccc1. The van der Waals surface area contributed by atoms with Gasteiger partial charge in [-0.3, -0.25) is 4.57 Å². The van der Waals surface area contributed by atoms with Gasteiger partial charge in [0.05, 0.1) is 11.3 Å². The Morgan fingerprint density at radius 3 is 2.72 bits per heavy atom. The molecule has 2 aromatic carbocycles. The summed E-state index contributed by atoms with van der Waals surface area (Å²) in [7, 11) is 0. The maximum atomic E-state index is 9.13. The molecule has 3 aromatic rings. The standard InChI is InChI=1S/C18H14N4O2S/c1-12(10-19)25-18-21-20-17(22(18)14-5-3-2-4-6-14)13-7-8-15-16(9-13)24-11-23-15/h2-9,12H,11H2,1H3/t12-/m0/s1. The lowest BCUT2D eigenvalue weighted by molar-refractivity contribution is 0.174. The quantitative estimate of drug-likeness (QED) is 0.669. The molecule has 124 valence electrons. The molecule has 0 N–H and O–H groups in total. The van der Waals surface area contributed by atoms with Crippen molar-refractivity contribution in [1.82, 2.24) is 14.8 Å². The summed E-state index contributed by atoms with van der Waals surface area (Å²) >= 11 is 1.38. The zero-order chi connectivity index (χ0) is 17.2. The van der Waals surface area contributed by atoms with Crippen LogP contribution in [-0.4, -0.2) is 26.8 Å². The van der Waals surface area contributed by atoms with Crippen molar-refractivity contribution in [2.24, 2.45) is 0 Å². The Kier molecular flexibility index (Phi) is 4.04. The Balaban J connectivity index is 1.84. The molecule has 1 aliphatic heterocycles. The Morgan fingerprint density at radius 2 is 1.92 bits per heavy atom. The molecular formula is C18H14N4O2S. The van der Waals surface area contributed by atoms with E-state index in [-0.39, 0.29) is 12.0 Å². The Labute approximate surface area is 149 Å². The average molecular weight is 350 g/mol. The second-order valence-electron chi connectivity index (χ2n) is 5.43. The number of thioether (sulfide) groups is 1. The van der Waals surface area contributed by atoms with Crippen LogP contribution in [0.5, 0.6) is 11.5 Å². The molecule has 0 bridgehead atoms. The highest BCUT2D eigenvalue weighted by Crippen LogP contribution is 2.37. The third kappa shape index (κ3) is 2.92. The number of nitriles is 1. The van der Waals surface area contributed by atoms with Crippen molar-refractivity contribution in [1.29, 1.82) is 5.26 Å². The van der Waals surface area contributed by atoms with Crippen LogP contribution in [0.25, 0.3) is 17.1 Å². The van der Waals surface area contributed by atoms with E-state index in [0.717, 1.165) is 17.0 Å². The van der Waals surface area contributed by atoms with Crippen LogP contribution >= 0.6 is 11.8 Å². The lowest BCUT2D eigenvalue weighted by Crippen LogP contribution is -2.01. The summed E-state index contributed by atoms with van der Waals surface area (Å²) in [5, 5.41) is 18.2. The van der Waals surface area contributed by atoms with E-state index in [4.69, 9.17) is 14.7 Å². The molecular weight excluding hydrogens is 336 g/mol. The van der Waals surface area contributed by atoms with E-state index in [0.29, 0.717) is 16.7 Å². The maximum Gasteiger partial charge on any atom is 0.231 e. The Bertz CT molecular complexity index is 949. The number of hydrogen-bond acceptors (Lipinski definition) is 6. The number of para-hydroxylation sites is 1. The van der Waals surface area contributed by atoms with Gasteiger partial charge in [0.15, 0.2) is 22.5 Å². The number of rotatable bonds is 4. The molecule has 0 saturated carbocycles. The first kappa shape index (κ1) is 15.5. The number of ether oxygens (including phenoxy) is 2. The van der Waals surface area contributed by atoms with Crippen molar-refractivity contribution in [3.05, 3.63) is 48.5 Å². The van der Waals surface area contributed by atoms with Gasteiger partial charge in [-0.05, 0) is 37.3 Å². The lowest BCUT2D eigenvalue weighted by Gasteiger charge is -2.11.